The van der Waals surface area contributed by atoms with E-state index in [1.54, 1.807) is 50.2 Å². The Labute approximate surface area is 199 Å². The van der Waals surface area contributed by atoms with E-state index in [2.05, 4.69) is 5.32 Å². The molecule has 0 unspecified atom stereocenters. The van der Waals surface area contributed by atoms with E-state index in [4.69, 9.17) is 0 Å². The second kappa shape index (κ2) is 8.06. The summed E-state index contributed by atoms with van der Waals surface area (Å²) in [5.41, 5.74) is -1.64. The minimum absolute atomic E-state index is 0.0300. The highest BCUT2D eigenvalue weighted by Gasteiger charge is 2.31. The molecule has 0 atom stereocenters. The summed E-state index contributed by atoms with van der Waals surface area (Å²) in [6, 6.07) is 14.0. The van der Waals surface area contributed by atoms with Crippen molar-refractivity contribution in [3.8, 4) is 5.69 Å². The molecule has 0 saturated heterocycles. The van der Waals surface area contributed by atoms with Gasteiger partial charge >= 0.3 is 5.69 Å². The van der Waals surface area contributed by atoms with Crippen LogP contribution in [0.25, 0.3) is 16.7 Å². The first-order chi connectivity index (χ1) is 16.6. The first-order valence-corrected chi connectivity index (χ1v) is 11.3. The predicted molar refractivity (Wildman–Crippen MR) is 132 cm³/mol. The Morgan fingerprint density at radius 1 is 1.00 bits per heavy atom. The molecule has 2 heterocycles. The number of nitrogens with one attached hydrogen (secondary N) is 1. The number of aryl methyl sites for hydroxylation is 1. The zero-order valence-electron chi connectivity index (χ0n) is 19.6. The Balaban J connectivity index is 1.82. The van der Waals surface area contributed by atoms with Crippen molar-refractivity contribution in [3.05, 3.63) is 97.2 Å². The van der Waals surface area contributed by atoms with Crippen LogP contribution in [0.4, 0.5) is 15.8 Å². The number of para-hydroxylation sites is 1. The van der Waals surface area contributed by atoms with E-state index >= 15 is 0 Å². The third-order valence-electron chi connectivity index (χ3n) is 6.32. The van der Waals surface area contributed by atoms with Crippen LogP contribution in [-0.2, 0) is 12.6 Å². The number of anilines is 2. The lowest BCUT2D eigenvalue weighted by Gasteiger charge is -2.20. The number of halogens is 1. The van der Waals surface area contributed by atoms with Gasteiger partial charge in [0.2, 0.25) is 0 Å². The summed E-state index contributed by atoms with van der Waals surface area (Å²) in [4.78, 5) is 40.1. The molecule has 2 N–H and O–H groups in total. The lowest BCUT2D eigenvalue weighted by atomic mass is 9.98. The number of hydrogen-bond acceptors (Lipinski definition) is 5. The molecule has 0 amide bonds. The van der Waals surface area contributed by atoms with Crippen molar-refractivity contribution in [3.63, 3.8) is 0 Å². The number of hydrogen-bond donors (Lipinski definition) is 2. The average Bonchev–Trinajstić information content (AvgIpc) is 3.63. The molecule has 1 aliphatic rings. The molecule has 1 fully saturated rings. The van der Waals surface area contributed by atoms with Crippen LogP contribution in [0.15, 0.2) is 69.0 Å². The molecule has 9 heteroatoms. The highest BCUT2D eigenvalue weighted by atomic mass is 19.1. The lowest BCUT2D eigenvalue weighted by molar-refractivity contribution is 0.0783. The van der Waals surface area contributed by atoms with E-state index in [1.165, 1.54) is 38.9 Å². The molecule has 0 bridgehead atoms. The summed E-state index contributed by atoms with van der Waals surface area (Å²) in [6.07, 6.45) is 1.41. The van der Waals surface area contributed by atoms with Gasteiger partial charge in [-0.05, 0) is 56.5 Å². The van der Waals surface area contributed by atoms with Crippen LogP contribution in [0.5, 0.6) is 0 Å². The zero-order valence-corrected chi connectivity index (χ0v) is 19.6. The molecular weight excluding hydrogens is 451 g/mol. The van der Waals surface area contributed by atoms with Crippen LogP contribution in [0.2, 0.25) is 0 Å². The molecular formula is C26H25FN4O4. The summed E-state index contributed by atoms with van der Waals surface area (Å²) in [5.74, 6) is -0.655. The minimum atomic E-state index is -1.24. The van der Waals surface area contributed by atoms with Gasteiger partial charge in [0.05, 0.1) is 22.7 Å². The quantitative estimate of drug-likeness (QED) is 0.461. The fraction of sp³-hybridized carbons (Fsp3) is 0.269. The van der Waals surface area contributed by atoms with Crippen molar-refractivity contribution in [1.82, 2.24) is 13.7 Å². The molecule has 2 aromatic heterocycles. The smallest absolute Gasteiger partial charge is 0.337 e. The minimum Gasteiger partial charge on any atom is -0.386 e. The van der Waals surface area contributed by atoms with Gasteiger partial charge in [0.25, 0.3) is 11.1 Å². The monoisotopic (exact) mass is 476 g/mol. The molecule has 1 aliphatic carbocycles. The number of fused-ring (bicyclic) bond motifs is 1. The number of nitrogens with zero attached hydrogens (tertiary/aromatic N) is 3. The number of pyridine rings is 1. The summed E-state index contributed by atoms with van der Waals surface area (Å²) in [5, 5.41) is 13.2. The van der Waals surface area contributed by atoms with Crippen molar-refractivity contribution < 1.29 is 9.50 Å². The molecule has 0 aliphatic heterocycles. The zero-order chi connectivity index (χ0) is 25.1. The molecule has 180 valence electrons. The molecule has 8 nitrogen and oxygen atoms in total. The van der Waals surface area contributed by atoms with Crippen LogP contribution in [0.3, 0.4) is 0 Å². The van der Waals surface area contributed by atoms with E-state index < -0.39 is 28.2 Å². The van der Waals surface area contributed by atoms with Crippen molar-refractivity contribution in [2.24, 2.45) is 7.05 Å². The van der Waals surface area contributed by atoms with Crippen molar-refractivity contribution in [1.29, 1.82) is 0 Å². The van der Waals surface area contributed by atoms with Crippen molar-refractivity contribution in [2.75, 3.05) is 5.32 Å². The van der Waals surface area contributed by atoms with Gasteiger partial charge < -0.3 is 10.4 Å². The average molecular weight is 477 g/mol. The van der Waals surface area contributed by atoms with E-state index in [0.717, 1.165) is 0 Å². The summed E-state index contributed by atoms with van der Waals surface area (Å²) in [6.45, 7) is 3.10. The molecule has 0 radical (unpaired) electrons. The Morgan fingerprint density at radius 2 is 1.69 bits per heavy atom. The maximum absolute atomic E-state index is 15.0. The normalized spacial score (nSPS) is 13.9. The molecule has 2 aromatic carbocycles. The third kappa shape index (κ3) is 3.87. The fourth-order valence-corrected chi connectivity index (χ4v) is 4.27. The molecule has 35 heavy (non-hydrogen) atoms. The molecule has 5 rings (SSSR count). The van der Waals surface area contributed by atoms with Gasteiger partial charge in [-0.3, -0.25) is 18.7 Å². The maximum Gasteiger partial charge on any atom is 0.337 e. The van der Waals surface area contributed by atoms with Crippen LogP contribution in [0, 0.1) is 5.82 Å². The van der Waals surface area contributed by atoms with E-state index in [0.29, 0.717) is 24.1 Å². The van der Waals surface area contributed by atoms with Gasteiger partial charge in [-0.1, -0.05) is 24.3 Å². The Hall–Kier alpha value is -3.98. The first kappa shape index (κ1) is 22.8. The summed E-state index contributed by atoms with van der Waals surface area (Å²) >= 11 is 0. The van der Waals surface area contributed by atoms with E-state index in [-0.39, 0.29) is 28.5 Å². The number of benzene rings is 2. The molecule has 1 saturated carbocycles. The number of rotatable bonds is 5. The Kier molecular flexibility index (Phi) is 5.25. The van der Waals surface area contributed by atoms with E-state index in [1.807, 2.05) is 0 Å². The van der Waals surface area contributed by atoms with Gasteiger partial charge in [0.15, 0.2) is 0 Å². The predicted octanol–water partition coefficient (Wildman–Crippen LogP) is 3.30. The maximum atomic E-state index is 15.0. The van der Waals surface area contributed by atoms with Crippen LogP contribution < -0.4 is 22.1 Å². The van der Waals surface area contributed by atoms with Crippen LogP contribution in [-0.4, -0.2) is 18.8 Å². The number of aromatic nitrogens is 3. The molecule has 4 aromatic rings. The highest BCUT2D eigenvalue weighted by molar-refractivity contribution is 5.91. The third-order valence-corrected chi connectivity index (χ3v) is 6.32. The fourth-order valence-electron chi connectivity index (χ4n) is 4.27. The number of aliphatic hydroxyl groups is 1. The highest BCUT2D eigenvalue weighted by Crippen LogP contribution is 2.34. The van der Waals surface area contributed by atoms with Gasteiger partial charge in [0, 0.05) is 19.2 Å². The summed E-state index contributed by atoms with van der Waals surface area (Å²) in [7, 11) is 1.49. The molecule has 0 spiro atoms. The lowest BCUT2D eigenvalue weighted by Crippen LogP contribution is -2.41. The van der Waals surface area contributed by atoms with Crippen LogP contribution in [0.1, 0.15) is 38.3 Å². The van der Waals surface area contributed by atoms with E-state index in [9.17, 15) is 23.9 Å². The van der Waals surface area contributed by atoms with Crippen molar-refractivity contribution in [2.45, 2.75) is 38.3 Å². The van der Waals surface area contributed by atoms with Crippen molar-refractivity contribution >= 4 is 22.4 Å². The van der Waals surface area contributed by atoms with Crippen LogP contribution >= 0.6 is 0 Å². The topological polar surface area (TPSA) is 98.3 Å². The Morgan fingerprint density at radius 3 is 2.29 bits per heavy atom. The largest absolute Gasteiger partial charge is 0.386 e. The van der Waals surface area contributed by atoms with Gasteiger partial charge in [-0.15, -0.1) is 0 Å². The SMILES string of the molecule is Cn1c(=O)cc(Nc2ccc(C(C)(C)O)cc2F)c2c(=O)n(C3CC3)c(=O)n(-c3ccccc3)c21. The Bertz CT molecular complexity index is 1640. The van der Waals surface area contributed by atoms with Gasteiger partial charge in [-0.25, -0.2) is 13.8 Å². The first-order valence-electron chi connectivity index (χ1n) is 11.3. The van der Waals surface area contributed by atoms with Gasteiger partial charge in [-0.2, -0.15) is 0 Å². The summed E-state index contributed by atoms with van der Waals surface area (Å²) < 4.78 is 18.8. The second-order valence-corrected chi connectivity index (χ2v) is 9.39. The standard InChI is InChI=1S/C26H25FN4O4/c1-26(2,35)15-9-12-19(18(27)13-15)28-20-14-21(32)29(3)23-22(20)24(33)31(17-10-11-17)25(34)30(23)16-7-5-4-6-8-16/h4-9,12-14,17,28,35H,10-11H2,1-3H3. The second-order valence-electron chi connectivity index (χ2n) is 9.39. The van der Waals surface area contributed by atoms with Gasteiger partial charge in [0.1, 0.15) is 16.9 Å².